The van der Waals surface area contributed by atoms with Gasteiger partial charge in [-0.1, -0.05) is 24.3 Å². The molecule has 1 saturated carbocycles. The van der Waals surface area contributed by atoms with Crippen molar-refractivity contribution in [3.05, 3.63) is 35.4 Å². The molecule has 3 nitrogen and oxygen atoms in total. The molecule has 1 aliphatic carbocycles. The van der Waals surface area contributed by atoms with Gasteiger partial charge < -0.3 is 10.5 Å². The highest BCUT2D eigenvalue weighted by atomic mass is 16.5. The first-order valence-corrected chi connectivity index (χ1v) is 7.84. The average Bonchev–Trinajstić information content (AvgIpc) is 3.22. The molecule has 3 heteroatoms. The quantitative estimate of drug-likeness (QED) is 0.897. The van der Waals surface area contributed by atoms with Crippen molar-refractivity contribution in [1.82, 2.24) is 4.90 Å². The Labute approximate surface area is 122 Å². The van der Waals surface area contributed by atoms with E-state index < -0.39 is 0 Å². The van der Waals surface area contributed by atoms with Gasteiger partial charge in [0.05, 0.1) is 6.10 Å². The Bertz CT molecular complexity index is 458. The molecule has 0 radical (unpaired) electrons. The number of hydrogen-bond donors (Lipinski definition) is 1. The largest absolute Gasteiger partial charge is 0.377 e. The summed E-state index contributed by atoms with van der Waals surface area (Å²) in [6.07, 6.45) is 4.11. The third kappa shape index (κ3) is 2.76. The van der Waals surface area contributed by atoms with Gasteiger partial charge in [0.2, 0.25) is 0 Å². The highest BCUT2D eigenvalue weighted by molar-refractivity contribution is 5.31. The summed E-state index contributed by atoms with van der Waals surface area (Å²) >= 11 is 0. The van der Waals surface area contributed by atoms with E-state index in [1.54, 1.807) is 0 Å². The van der Waals surface area contributed by atoms with Gasteiger partial charge in [-0.2, -0.15) is 0 Å². The molecule has 1 heterocycles. The third-order valence-electron chi connectivity index (χ3n) is 4.92. The smallest absolute Gasteiger partial charge is 0.0703 e. The monoisotopic (exact) mass is 274 g/mol. The summed E-state index contributed by atoms with van der Waals surface area (Å²) in [4.78, 5) is 2.42. The van der Waals surface area contributed by atoms with Crippen LogP contribution in [-0.2, 0) is 4.74 Å². The molecule has 1 aromatic rings. The average molecular weight is 274 g/mol. The van der Waals surface area contributed by atoms with E-state index in [2.05, 4.69) is 43.1 Å². The fourth-order valence-electron chi connectivity index (χ4n) is 3.46. The minimum absolute atomic E-state index is 0.294. The molecular weight excluding hydrogens is 248 g/mol. The first-order valence-electron chi connectivity index (χ1n) is 7.84. The molecule has 1 aromatic carbocycles. The first-order chi connectivity index (χ1) is 9.70. The number of likely N-dealkylation sites (N-methyl/N-ethyl adjacent to an activating group) is 1. The lowest BCUT2D eigenvalue weighted by molar-refractivity contribution is 0.0686. The second-order valence-electron chi connectivity index (χ2n) is 6.29. The van der Waals surface area contributed by atoms with E-state index in [9.17, 15) is 0 Å². The normalized spacial score (nSPS) is 28.0. The van der Waals surface area contributed by atoms with E-state index in [1.807, 2.05) is 0 Å². The van der Waals surface area contributed by atoms with Crippen molar-refractivity contribution in [2.75, 3.05) is 20.2 Å². The molecule has 3 rings (SSSR count). The van der Waals surface area contributed by atoms with E-state index in [4.69, 9.17) is 10.5 Å². The molecule has 0 bridgehead atoms. The maximum Gasteiger partial charge on any atom is 0.0703 e. The van der Waals surface area contributed by atoms with Crippen molar-refractivity contribution >= 4 is 0 Å². The highest BCUT2D eigenvalue weighted by Crippen LogP contribution is 2.41. The lowest BCUT2D eigenvalue weighted by Gasteiger charge is -2.34. The van der Waals surface area contributed by atoms with Crippen LogP contribution in [0.2, 0.25) is 0 Å². The van der Waals surface area contributed by atoms with Crippen LogP contribution in [0.5, 0.6) is 0 Å². The zero-order valence-corrected chi connectivity index (χ0v) is 12.6. The second kappa shape index (κ2) is 5.84. The number of hydrogen-bond acceptors (Lipinski definition) is 3. The summed E-state index contributed by atoms with van der Waals surface area (Å²) in [5, 5.41) is 0. The summed E-state index contributed by atoms with van der Waals surface area (Å²) in [6, 6.07) is 9.81. The summed E-state index contributed by atoms with van der Waals surface area (Å²) in [7, 11) is 2.19. The Balaban J connectivity index is 1.79. The summed E-state index contributed by atoms with van der Waals surface area (Å²) < 4.78 is 5.71. The summed E-state index contributed by atoms with van der Waals surface area (Å²) in [5.41, 5.74) is 8.93. The van der Waals surface area contributed by atoms with Gasteiger partial charge in [-0.15, -0.1) is 0 Å². The lowest BCUT2D eigenvalue weighted by atomic mass is 9.98. The molecule has 2 fully saturated rings. The van der Waals surface area contributed by atoms with Crippen molar-refractivity contribution in [2.45, 2.75) is 50.3 Å². The zero-order chi connectivity index (χ0) is 14.1. The van der Waals surface area contributed by atoms with Crippen LogP contribution in [0.25, 0.3) is 0 Å². The van der Waals surface area contributed by atoms with Gasteiger partial charge in [-0.25, -0.2) is 0 Å². The van der Waals surface area contributed by atoms with Crippen molar-refractivity contribution < 1.29 is 4.74 Å². The van der Waals surface area contributed by atoms with Crippen molar-refractivity contribution in [3.63, 3.8) is 0 Å². The van der Waals surface area contributed by atoms with Crippen LogP contribution < -0.4 is 5.73 Å². The van der Waals surface area contributed by atoms with Gasteiger partial charge in [-0.05, 0) is 50.3 Å². The van der Waals surface area contributed by atoms with Crippen molar-refractivity contribution in [1.29, 1.82) is 0 Å². The molecule has 2 N–H and O–H groups in total. The fraction of sp³-hybridized carbons (Fsp3) is 0.647. The molecule has 0 amide bonds. The van der Waals surface area contributed by atoms with Crippen LogP contribution in [-0.4, -0.2) is 37.2 Å². The summed E-state index contributed by atoms with van der Waals surface area (Å²) in [6.45, 7) is 3.70. The number of benzene rings is 1. The predicted octanol–water partition coefficient (Wildman–Crippen LogP) is 2.67. The van der Waals surface area contributed by atoms with Gasteiger partial charge in [-0.3, -0.25) is 4.90 Å². The Morgan fingerprint density at radius 2 is 2.15 bits per heavy atom. The third-order valence-corrected chi connectivity index (χ3v) is 4.92. The molecule has 3 atom stereocenters. The maximum atomic E-state index is 6.08. The molecule has 2 aliphatic rings. The number of nitrogens with two attached hydrogens (primary N) is 1. The topological polar surface area (TPSA) is 38.5 Å². The Kier molecular flexibility index (Phi) is 4.11. The SMILES string of the molecule is CC1OCCC1N(C)C(CN)c1cccc(C2CC2)c1. The van der Waals surface area contributed by atoms with Gasteiger partial charge in [0.25, 0.3) is 0 Å². The number of rotatable bonds is 5. The molecule has 0 spiro atoms. The maximum absolute atomic E-state index is 6.08. The molecule has 1 aliphatic heterocycles. The molecule has 1 saturated heterocycles. The van der Waals surface area contributed by atoms with Gasteiger partial charge in [0.1, 0.15) is 0 Å². The van der Waals surface area contributed by atoms with E-state index in [-0.39, 0.29) is 0 Å². The Hall–Kier alpha value is -0.900. The molecular formula is C17H26N2O. The first kappa shape index (κ1) is 14.1. The standard InChI is InChI=1S/C17H26N2O/c1-12-16(8-9-20-12)19(2)17(11-18)15-5-3-4-14(10-15)13-6-7-13/h3-5,10,12-13,16-17H,6-9,11,18H2,1-2H3. The van der Waals surface area contributed by atoms with E-state index >= 15 is 0 Å². The fourth-order valence-corrected chi connectivity index (χ4v) is 3.46. The molecule has 110 valence electrons. The molecule has 20 heavy (non-hydrogen) atoms. The number of nitrogens with zero attached hydrogens (tertiary/aromatic N) is 1. The van der Waals surface area contributed by atoms with Crippen molar-refractivity contribution in [3.8, 4) is 0 Å². The van der Waals surface area contributed by atoms with Crippen LogP contribution in [0.3, 0.4) is 0 Å². The Morgan fingerprint density at radius 3 is 2.75 bits per heavy atom. The van der Waals surface area contributed by atoms with E-state index in [1.165, 1.54) is 24.0 Å². The van der Waals surface area contributed by atoms with Crippen LogP contribution >= 0.6 is 0 Å². The van der Waals surface area contributed by atoms with E-state index in [0.717, 1.165) is 18.9 Å². The summed E-state index contributed by atoms with van der Waals surface area (Å²) in [5.74, 6) is 0.799. The molecule has 0 aromatic heterocycles. The molecule has 3 unspecified atom stereocenters. The number of ether oxygens (including phenoxy) is 1. The van der Waals surface area contributed by atoms with E-state index in [0.29, 0.717) is 24.7 Å². The van der Waals surface area contributed by atoms with Crippen LogP contribution in [0.1, 0.15) is 49.3 Å². The van der Waals surface area contributed by atoms with Crippen LogP contribution in [0.15, 0.2) is 24.3 Å². The van der Waals surface area contributed by atoms with Crippen LogP contribution in [0, 0.1) is 0 Å². The minimum atomic E-state index is 0.294. The second-order valence-corrected chi connectivity index (χ2v) is 6.29. The van der Waals surface area contributed by atoms with Gasteiger partial charge in [0.15, 0.2) is 0 Å². The predicted molar refractivity (Wildman–Crippen MR) is 81.8 cm³/mol. The minimum Gasteiger partial charge on any atom is -0.377 e. The highest BCUT2D eigenvalue weighted by Gasteiger charge is 2.32. The van der Waals surface area contributed by atoms with Crippen molar-refractivity contribution in [2.24, 2.45) is 5.73 Å². The zero-order valence-electron chi connectivity index (χ0n) is 12.6. The van der Waals surface area contributed by atoms with Crippen LogP contribution in [0.4, 0.5) is 0 Å². The lowest BCUT2D eigenvalue weighted by Crippen LogP contribution is -2.42. The Morgan fingerprint density at radius 1 is 1.35 bits per heavy atom. The van der Waals surface area contributed by atoms with Gasteiger partial charge >= 0.3 is 0 Å². The van der Waals surface area contributed by atoms with Gasteiger partial charge in [0, 0.05) is 25.2 Å².